The minimum Gasteiger partial charge on any atom is -0.453 e. The summed E-state index contributed by atoms with van der Waals surface area (Å²) in [6.07, 6.45) is -1.22. The molecule has 20 nitrogen and oxygen atoms in total. The molecule has 6 atom stereocenters. The van der Waals surface area contributed by atoms with Gasteiger partial charge in [0.05, 0.1) is 38.4 Å². The van der Waals surface area contributed by atoms with Crippen LogP contribution in [0.1, 0.15) is 64.3 Å². The van der Waals surface area contributed by atoms with Crippen molar-refractivity contribution in [3.63, 3.8) is 0 Å². The summed E-state index contributed by atoms with van der Waals surface area (Å²) in [7, 11) is 2.37. The van der Waals surface area contributed by atoms with Gasteiger partial charge in [-0.1, -0.05) is 86.5 Å². The number of hydrogen-bond acceptors (Lipinski definition) is 10. The maximum Gasteiger partial charge on any atom is 0.407 e. The minimum absolute atomic E-state index is 0.0366. The first kappa shape index (κ1) is 44.4. The molecule has 22 heteroatoms. The number of hydrogen-bond donors (Lipinski definition) is 4. The second kappa shape index (κ2) is 19.0. The second-order valence-electron chi connectivity index (χ2n) is 15.6. The number of H-pyrrole nitrogens is 2. The molecule has 0 aliphatic carbocycles. The Kier molecular flexibility index (Phi) is 13.6. The number of alkyl carbamates (subject to hydrolysis) is 2. The molecule has 0 bridgehead atoms. The smallest absolute Gasteiger partial charge is 0.407 e. The van der Waals surface area contributed by atoms with Gasteiger partial charge in [0.15, 0.2) is 0 Å². The van der Waals surface area contributed by atoms with Crippen LogP contribution in [0.5, 0.6) is 0 Å². The fourth-order valence-electron chi connectivity index (χ4n) is 7.80. The van der Waals surface area contributed by atoms with Gasteiger partial charge in [-0.05, 0) is 46.9 Å². The standard InChI is InChI=1S/C40H46F2N14O6/c1-19(2)29(47-39(59)61-5)37(57)55-17-25(51-53-43)15-27(55)35-45-31(33(41)49-35)23-11-7-21(8-12-23)22-9-13-24(14-10-22)32-34(42)50-36(46-32)28-16-26(52-54-44)18-56(28)38(58)30(20(3)4)48-40(60)62-6/h7-14,19-20,25-30H,15-18H2,1-6H3,(H,45,49)(H,46,50)(H,47,59)(H,48,60)/t25-,26-,27-,28-,29-,30-/m0/s1. The Morgan fingerprint density at radius 1 is 0.677 bits per heavy atom. The fourth-order valence-corrected chi connectivity index (χ4v) is 7.80. The van der Waals surface area contributed by atoms with Crippen molar-refractivity contribution in [2.45, 2.75) is 76.8 Å². The zero-order valence-electron chi connectivity index (χ0n) is 34.7. The van der Waals surface area contributed by atoms with E-state index in [-0.39, 0.29) is 60.8 Å². The number of amides is 4. The molecule has 2 aromatic carbocycles. The summed E-state index contributed by atoms with van der Waals surface area (Å²) in [4.78, 5) is 74.5. The summed E-state index contributed by atoms with van der Waals surface area (Å²) in [5.74, 6) is -2.89. The van der Waals surface area contributed by atoms with Crippen LogP contribution in [0.2, 0.25) is 0 Å². The Balaban J connectivity index is 1.20. The van der Waals surface area contributed by atoms with Crippen molar-refractivity contribution < 1.29 is 37.4 Å². The largest absolute Gasteiger partial charge is 0.453 e. The van der Waals surface area contributed by atoms with Gasteiger partial charge in [-0.2, -0.15) is 8.78 Å². The quantitative estimate of drug-likeness (QED) is 0.0611. The topological polar surface area (TPSA) is 272 Å². The Bertz CT molecular complexity index is 2230. The van der Waals surface area contributed by atoms with E-state index < -0.39 is 72.1 Å². The fraction of sp³-hybridized carbons (Fsp3) is 0.450. The molecule has 4 aromatic rings. The predicted octanol–water partition coefficient (Wildman–Crippen LogP) is 7.08. The number of aromatic amines is 2. The molecule has 2 fully saturated rings. The Labute approximate surface area is 354 Å². The molecule has 62 heavy (non-hydrogen) atoms. The number of carbonyl (C=O) groups excluding carboxylic acids is 4. The average Bonchev–Trinajstić information content (AvgIpc) is 4.06. The van der Waals surface area contributed by atoms with Crippen LogP contribution in [0.3, 0.4) is 0 Å². The van der Waals surface area contributed by atoms with Crippen molar-refractivity contribution >= 4 is 24.0 Å². The van der Waals surface area contributed by atoms with Crippen molar-refractivity contribution in [3.8, 4) is 33.6 Å². The number of likely N-dealkylation sites (tertiary alicyclic amines) is 2. The summed E-state index contributed by atoms with van der Waals surface area (Å²) in [6.45, 7) is 7.09. The van der Waals surface area contributed by atoms with E-state index in [2.05, 4.69) is 50.6 Å². The maximum absolute atomic E-state index is 15.5. The number of benzene rings is 2. The lowest BCUT2D eigenvalue weighted by Gasteiger charge is -2.30. The van der Waals surface area contributed by atoms with Gasteiger partial charge in [0.2, 0.25) is 23.7 Å². The third-order valence-electron chi connectivity index (χ3n) is 11.0. The number of halogens is 2. The SMILES string of the molecule is COC(=O)N[C@H](C(=O)N1C[C@@H](N=[N+]=[N-])C[C@H]1c1nc(F)c(-c2ccc(-c3ccc(-c4[nH]c([C@@H]5C[C@H](N=[N+]=[N-])CN5C(=O)[C@@H](NC(=O)OC)C(C)C)nc4F)cc3)cc2)[nH]1)C(C)C. The first-order valence-corrected chi connectivity index (χ1v) is 19.8. The number of aromatic nitrogens is 4. The lowest BCUT2D eigenvalue weighted by Crippen LogP contribution is -2.51. The number of imidazole rings is 2. The zero-order chi connectivity index (χ0) is 44.8. The summed E-state index contributed by atoms with van der Waals surface area (Å²) in [5.41, 5.74) is 20.8. The molecule has 6 rings (SSSR count). The molecule has 0 unspecified atom stereocenters. The van der Waals surface area contributed by atoms with Crippen LogP contribution in [0, 0.1) is 23.7 Å². The van der Waals surface area contributed by atoms with Gasteiger partial charge in [-0.3, -0.25) is 9.59 Å². The van der Waals surface area contributed by atoms with Crippen molar-refractivity contribution in [1.82, 2.24) is 40.4 Å². The number of nitrogens with one attached hydrogen (secondary N) is 4. The van der Waals surface area contributed by atoms with Crippen molar-refractivity contribution in [2.24, 2.45) is 22.1 Å². The van der Waals surface area contributed by atoms with Crippen LogP contribution < -0.4 is 10.6 Å². The third kappa shape index (κ3) is 9.40. The molecule has 326 valence electrons. The van der Waals surface area contributed by atoms with Gasteiger partial charge in [0.25, 0.3) is 0 Å². The molecular weight excluding hydrogens is 811 g/mol. The van der Waals surface area contributed by atoms with Gasteiger partial charge in [-0.25, -0.2) is 19.6 Å². The molecule has 0 spiro atoms. The molecule has 0 saturated carbocycles. The molecule has 2 aliphatic rings. The number of methoxy groups -OCH3 is 2. The highest BCUT2D eigenvalue weighted by molar-refractivity contribution is 5.87. The monoisotopic (exact) mass is 856 g/mol. The van der Waals surface area contributed by atoms with Crippen molar-refractivity contribution in [3.05, 3.63) is 93.0 Å². The number of carbonyl (C=O) groups is 4. The summed E-state index contributed by atoms with van der Waals surface area (Å²) < 4.78 is 40.5. The van der Waals surface area contributed by atoms with E-state index in [1.807, 2.05) is 0 Å². The number of ether oxygens (including phenoxy) is 2. The molecule has 4 heterocycles. The lowest BCUT2D eigenvalue weighted by molar-refractivity contribution is -0.136. The Morgan fingerprint density at radius 2 is 1.02 bits per heavy atom. The van der Waals surface area contributed by atoms with Crippen LogP contribution in [0.25, 0.3) is 54.5 Å². The number of azide groups is 2. The van der Waals surface area contributed by atoms with Gasteiger partial charge in [-0.15, -0.1) is 0 Å². The van der Waals surface area contributed by atoms with E-state index >= 15 is 8.78 Å². The van der Waals surface area contributed by atoms with Crippen LogP contribution in [-0.4, -0.2) is 105 Å². The molecule has 0 radical (unpaired) electrons. The third-order valence-corrected chi connectivity index (χ3v) is 11.0. The highest BCUT2D eigenvalue weighted by atomic mass is 19.1. The summed E-state index contributed by atoms with van der Waals surface area (Å²) in [6, 6.07) is 9.19. The number of rotatable bonds is 13. The van der Waals surface area contributed by atoms with Crippen LogP contribution in [0.15, 0.2) is 58.8 Å². The first-order valence-electron chi connectivity index (χ1n) is 19.8. The number of nitrogens with zero attached hydrogens (tertiary/aromatic N) is 10. The van der Waals surface area contributed by atoms with E-state index in [9.17, 15) is 19.2 Å². The van der Waals surface area contributed by atoms with Crippen molar-refractivity contribution in [2.75, 3.05) is 27.3 Å². The highest BCUT2D eigenvalue weighted by Gasteiger charge is 2.43. The molecule has 2 aromatic heterocycles. The zero-order valence-corrected chi connectivity index (χ0v) is 34.7. The van der Waals surface area contributed by atoms with E-state index in [1.54, 1.807) is 76.2 Å². The van der Waals surface area contributed by atoms with Crippen LogP contribution in [-0.2, 0) is 19.1 Å². The lowest BCUT2D eigenvalue weighted by atomic mass is 10.0. The van der Waals surface area contributed by atoms with Crippen molar-refractivity contribution in [1.29, 1.82) is 0 Å². The predicted molar refractivity (Wildman–Crippen MR) is 219 cm³/mol. The molecule has 2 aliphatic heterocycles. The maximum atomic E-state index is 15.5. The van der Waals surface area contributed by atoms with E-state index in [0.29, 0.717) is 11.1 Å². The molecule has 4 N–H and O–H groups in total. The highest BCUT2D eigenvalue weighted by Crippen LogP contribution is 2.38. The van der Waals surface area contributed by atoms with Crippen LogP contribution >= 0.6 is 0 Å². The van der Waals surface area contributed by atoms with E-state index in [1.165, 1.54) is 24.0 Å². The Morgan fingerprint density at radius 3 is 1.32 bits per heavy atom. The molecular formula is C40H46F2N14O6. The molecule has 2 saturated heterocycles. The van der Waals surface area contributed by atoms with Gasteiger partial charge < -0.3 is 39.9 Å². The summed E-state index contributed by atoms with van der Waals surface area (Å²) in [5, 5.41) is 12.7. The first-order chi connectivity index (χ1) is 29.7. The Hall–Kier alpha value is -7.18. The van der Waals surface area contributed by atoms with Gasteiger partial charge >= 0.3 is 12.2 Å². The van der Waals surface area contributed by atoms with E-state index in [0.717, 1.165) is 11.1 Å². The van der Waals surface area contributed by atoms with Gasteiger partial charge in [0, 0.05) is 34.0 Å². The second-order valence-corrected chi connectivity index (χ2v) is 15.6. The molecule has 4 amide bonds. The average molecular weight is 857 g/mol. The van der Waals surface area contributed by atoms with Gasteiger partial charge in [0.1, 0.15) is 35.1 Å². The van der Waals surface area contributed by atoms with E-state index in [4.69, 9.17) is 20.5 Å². The van der Waals surface area contributed by atoms with Crippen LogP contribution in [0.4, 0.5) is 18.4 Å². The minimum atomic E-state index is -0.965. The normalized spacial score (nSPS) is 19.4. The summed E-state index contributed by atoms with van der Waals surface area (Å²) >= 11 is 0.